The maximum atomic E-state index is 13.9. The Kier molecular flexibility index (Phi) is 5.16. The minimum Gasteiger partial charge on any atom is -0.485 e. The van der Waals surface area contributed by atoms with Gasteiger partial charge in [0.05, 0.1) is 13.2 Å². The van der Waals surface area contributed by atoms with Crippen molar-refractivity contribution in [3.8, 4) is 17.7 Å². The van der Waals surface area contributed by atoms with E-state index in [1.807, 2.05) is 6.07 Å². The average molecular weight is 440 g/mol. The minimum absolute atomic E-state index is 0.0386. The number of aromatic nitrogens is 2. The number of carbonyl (C=O) groups is 1. The third-order valence-electron chi connectivity index (χ3n) is 6.86. The van der Waals surface area contributed by atoms with Crippen molar-refractivity contribution >= 4 is 5.91 Å². The number of carbonyl (C=O) groups excluding carboxylic acids is 1. The zero-order chi connectivity index (χ0) is 22.3. The molecule has 0 N–H and O–H groups in total. The number of rotatable bonds is 6. The molecule has 2 aromatic rings. The molecule has 7 nitrogen and oxygen atoms in total. The number of nitriles is 1. The summed E-state index contributed by atoms with van der Waals surface area (Å²) in [5.41, 5.74) is 0.214. The second-order valence-electron chi connectivity index (χ2n) is 9.01. The second kappa shape index (κ2) is 8.01. The first-order valence-corrected chi connectivity index (χ1v) is 10.7. The summed E-state index contributed by atoms with van der Waals surface area (Å²) >= 11 is 0. The Bertz CT molecular complexity index is 1080. The first-order chi connectivity index (χ1) is 15.4. The summed E-state index contributed by atoms with van der Waals surface area (Å²) in [6, 6.07) is 6.59. The van der Waals surface area contributed by atoms with Gasteiger partial charge < -0.3 is 14.4 Å². The van der Waals surface area contributed by atoms with Crippen LogP contribution in [0.1, 0.15) is 31.4 Å². The monoisotopic (exact) mass is 440 g/mol. The molecule has 9 heteroatoms. The zero-order valence-corrected chi connectivity index (χ0v) is 17.3. The molecule has 0 radical (unpaired) electrons. The Morgan fingerprint density at radius 1 is 1.25 bits per heavy atom. The Labute approximate surface area is 184 Å². The fourth-order valence-corrected chi connectivity index (χ4v) is 5.32. The predicted octanol–water partition coefficient (Wildman–Crippen LogP) is 3.10. The van der Waals surface area contributed by atoms with Crippen LogP contribution < -0.4 is 9.47 Å². The SMILES string of the molecule is N#Cc1cc(OCC23CC(C2)[C@@H](C(=O)N2CC[C@@H](Oc4cc(F)ccc4F)C2)C3)ncn1. The van der Waals surface area contributed by atoms with Crippen LogP contribution in [0.3, 0.4) is 0 Å². The maximum Gasteiger partial charge on any atom is 0.226 e. The minimum atomic E-state index is -0.611. The molecule has 6 rings (SSSR count). The van der Waals surface area contributed by atoms with E-state index in [9.17, 15) is 13.6 Å². The molecular weight excluding hydrogens is 418 g/mol. The first-order valence-electron chi connectivity index (χ1n) is 10.7. The van der Waals surface area contributed by atoms with Gasteiger partial charge in [0.1, 0.15) is 30.0 Å². The van der Waals surface area contributed by atoms with Gasteiger partial charge in [0.25, 0.3) is 0 Å². The molecule has 1 aromatic heterocycles. The molecule has 32 heavy (non-hydrogen) atoms. The fourth-order valence-electron chi connectivity index (χ4n) is 5.32. The molecule has 4 aliphatic rings. The number of ether oxygens (including phenoxy) is 2. The third kappa shape index (κ3) is 3.85. The van der Waals surface area contributed by atoms with Crippen molar-refractivity contribution in [2.75, 3.05) is 19.7 Å². The lowest BCUT2D eigenvalue weighted by molar-refractivity contribution is -0.135. The summed E-state index contributed by atoms with van der Waals surface area (Å²) in [5, 5.41) is 8.94. The molecule has 1 amide bonds. The highest BCUT2D eigenvalue weighted by atomic mass is 19.1. The summed E-state index contributed by atoms with van der Waals surface area (Å²) in [5.74, 6) is -0.526. The number of fused-ring (bicyclic) bond motifs is 1. The Morgan fingerprint density at radius 3 is 2.91 bits per heavy atom. The molecule has 0 spiro atoms. The third-order valence-corrected chi connectivity index (χ3v) is 6.86. The average Bonchev–Trinajstić information content (AvgIpc) is 3.48. The predicted molar refractivity (Wildman–Crippen MR) is 107 cm³/mol. The lowest BCUT2D eigenvalue weighted by Gasteiger charge is -2.38. The quantitative estimate of drug-likeness (QED) is 0.686. The number of amides is 1. The standard InChI is InChI=1S/C23H22F2N4O3/c24-15-1-2-19(25)20(5-15)32-17-3-4-29(11-17)22(30)18-9-23(7-14(18)8-23)12-31-21-6-16(10-26)27-13-28-21/h1-2,5-6,13-14,17-18H,3-4,7-9,11-12H2/t14?,17-,18+,23?/m1/s1. The summed E-state index contributed by atoms with van der Waals surface area (Å²) in [4.78, 5) is 22.8. The van der Waals surface area contributed by atoms with E-state index in [0.717, 1.165) is 37.5 Å². The van der Waals surface area contributed by atoms with Gasteiger partial charge in [-0.2, -0.15) is 5.26 Å². The number of halogens is 2. The Balaban J connectivity index is 1.15. The molecule has 2 heterocycles. The van der Waals surface area contributed by atoms with Crippen molar-refractivity contribution in [2.45, 2.75) is 31.8 Å². The number of benzene rings is 1. The number of hydrogen-bond acceptors (Lipinski definition) is 6. The molecule has 2 atom stereocenters. The fraction of sp³-hybridized carbons (Fsp3) is 0.478. The van der Waals surface area contributed by atoms with Gasteiger partial charge in [-0.05, 0) is 37.3 Å². The van der Waals surface area contributed by atoms with Crippen LogP contribution in [0.4, 0.5) is 8.78 Å². The van der Waals surface area contributed by atoms with Gasteiger partial charge in [-0.15, -0.1) is 0 Å². The highest BCUT2D eigenvalue weighted by molar-refractivity contribution is 5.80. The van der Waals surface area contributed by atoms with E-state index in [0.29, 0.717) is 37.9 Å². The van der Waals surface area contributed by atoms with Gasteiger partial charge in [0.15, 0.2) is 11.6 Å². The molecule has 3 aliphatic carbocycles. The van der Waals surface area contributed by atoms with Crippen molar-refractivity contribution in [2.24, 2.45) is 17.3 Å². The van der Waals surface area contributed by atoms with Crippen LogP contribution in [0.5, 0.6) is 11.6 Å². The largest absolute Gasteiger partial charge is 0.485 e. The van der Waals surface area contributed by atoms with Crippen LogP contribution in [0, 0.1) is 40.2 Å². The van der Waals surface area contributed by atoms with Crippen molar-refractivity contribution < 1.29 is 23.0 Å². The number of hydrogen-bond donors (Lipinski definition) is 0. The molecule has 1 aromatic carbocycles. The smallest absolute Gasteiger partial charge is 0.226 e. The van der Waals surface area contributed by atoms with Crippen LogP contribution in [0.15, 0.2) is 30.6 Å². The van der Waals surface area contributed by atoms with E-state index >= 15 is 0 Å². The van der Waals surface area contributed by atoms with E-state index in [-0.39, 0.29) is 34.8 Å². The normalized spacial score (nSPS) is 28.2. The molecule has 3 saturated carbocycles. The molecule has 2 bridgehead atoms. The van der Waals surface area contributed by atoms with Crippen molar-refractivity contribution in [1.82, 2.24) is 14.9 Å². The van der Waals surface area contributed by atoms with Gasteiger partial charge in [0.2, 0.25) is 11.8 Å². The Morgan fingerprint density at radius 2 is 2.09 bits per heavy atom. The molecule has 0 unspecified atom stereocenters. The highest BCUT2D eigenvalue weighted by Crippen LogP contribution is 2.62. The highest BCUT2D eigenvalue weighted by Gasteiger charge is 2.59. The van der Waals surface area contributed by atoms with Crippen LogP contribution in [-0.4, -0.2) is 46.6 Å². The maximum absolute atomic E-state index is 13.9. The summed E-state index contributed by atoms with van der Waals surface area (Å²) in [6.07, 6.45) is 4.16. The number of likely N-dealkylation sites (tertiary alicyclic amines) is 1. The first kappa shape index (κ1) is 20.6. The summed E-state index contributed by atoms with van der Waals surface area (Å²) < 4.78 is 38.7. The number of nitrogens with zero attached hydrogens (tertiary/aromatic N) is 4. The Hall–Kier alpha value is -3.28. The lowest BCUT2D eigenvalue weighted by Crippen LogP contribution is -2.37. The second-order valence-corrected chi connectivity index (χ2v) is 9.01. The van der Waals surface area contributed by atoms with Crippen LogP contribution in [0.25, 0.3) is 0 Å². The van der Waals surface area contributed by atoms with Crippen molar-refractivity contribution in [3.63, 3.8) is 0 Å². The molecular formula is C23H22F2N4O3. The van der Waals surface area contributed by atoms with Crippen LogP contribution in [-0.2, 0) is 4.79 Å². The van der Waals surface area contributed by atoms with E-state index in [4.69, 9.17) is 14.7 Å². The van der Waals surface area contributed by atoms with Crippen LogP contribution in [0.2, 0.25) is 0 Å². The van der Waals surface area contributed by atoms with E-state index in [2.05, 4.69) is 9.97 Å². The molecule has 1 saturated heterocycles. The topological polar surface area (TPSA) is 88.3 Å². The van der Waals surface area contributed by atoms with Crippen molar-refractivity contribution in [1.29, 1.82) is 5.26 Å². The van der Waals surface area contributed by atoms with E-state index in [1.165, 1.54) is 12.4 Å². The van der Waals surface area contributed by atoms with Crippen molar-refractivity contribution in [3.05, 3.63) is 47.9 Å². The van der Waals surface area contributed by atoms with Gasteiger partial charge in [0, 0.05) is 36.4 Å². The molecule has 1 aliphatic heterocycles. The zero-order valence-electron chi connectivity index (χ0n) is 17.3. The summed E-state index contributed by atoms with van der Waals surface area (Å²) in [6.45, 7) is 1.38. The van der Waals surface area contributed by atoms with Gasteiger partial charge >= 0.3 is 0 Å². The molecule has 166 valence electrons. The van der Waals surface area contributed by atoms with Crippen LogP contribution >= 0.6 is 0 Å². The van der Waals surface area contributed by atoms with E-state index < -0.39 is 11.6 Å². The van der Waals surface area contributed by atoms with Gasteiger partial charge in [-0.25, -0.2) is 18.7 Å². The summed E-state index contributed by atoms with van der Waals surface area (Å²) in [7, 11) is 0. The van der Waals surface area contributed by atoms with Gasteiger partial charge in [-0.3, -0.25) is 4.79 Å². The van der Waals surface area contributed by atoms with E-state index in [1.54, 1.807) is 4.90 Å². The lowest BCUT2D eigenvalue weighted by atomic mass is 9.70. The van der Waals surface area contributed by atoms with Gasteiger partial charge in [-0.1, -0.05) is 0 Å². The molecule has 4 fully saturated rings.